The lowest BCUT2D eigenvalue weighted by Crippen LogP contribution is -2.35. The summed E-state index contributed by atoms with van der Waals surface area (Å²) < 4.78 is 10.4. The van der Waals surface area contributed by atoms with Gasteiger partial charge in [-0.3, -0.25) is 0 Å². The first-order valence-electron chi connectivity index (χ1n) is 5.58. The Kier molecular flexibility index (Phi) is 11.1. The van der Waals surface area contributed by atoms with Crippen LogP contribution in [-0.4, -0.2) is 44.8 Å². The molecule has 0 saturated heterocycles. The molecule has 0 aliphatic heterocycles. The van der Waals surface area contributed by atoms with Crippen LogP contribution >= 0.6 is 15.9 Å². The average Bonchev–Trinajstić information content (AvgIpc) is 2.26. The summed E-state index contributed by atoms with van der Waals surface area (Å²) in [5, 5.41) is 4.48. The molecule has 4 heteroatoms. The van der Waals surface area contributed by atoms with Gasteiger partial charge in [-0.15, -0.1) is 0 Å². The van der Waals surface area contributed by atoms with Gasteiger partial charge in [0.15, 0.2) is 0 Å². The van der Waals surface area contributed by atoms with E-state index < -0.39 is 0 Å². The normalized spacial score (nSPS) is 15.2. The lowest BCUT2D eigenvalue weighted by molar-refractivity contribution is 0.102. The van der Waals surface area contributed by atoms with Crippen LogP contribution in [0.25, 0.3) is 0 Å². The Hall–Kier alpha value is 0.360. The number of halogens is 1. The summed E-state index contributed by atoms with van der Waals surface area (Å²) in [4.78, 5) is 0. The Balaban J connectivity index is 3.16. The SMILES string of the molecule is COCCCOCCNC(C)C(C)CBr. The molecule has 0 saturated carbocycles. The van der Waals surface area contributed by atoms with Crippen molar-refractivity contribution in [3.8, 4) is 0 Å². The number of hydrogen-bond donors (Lipinski definition) is 1. The molecule has 0 radical (unpaired) electrons. The molecule has 2 atom stereocenters. The molecule has 2 unspecified atom stereocenters. The first kappa shape index (κ1) is 15.4. The highest BCUT2D eigenvalue weighted by atomic mass is 79.9. The van der Waals surface area contributed by atoms with Gasteiger partial charge < -0.3 is 14.8 Å². The van der Waals surface area contributed by atoms with Crippen molar-refractivity contribution in [3.05, 3.63) is 0 Å². The second-order valence-electron chi connectivity index (χ2n) is 3.83. The Morgan fingerprint density at radius 1 is 1.20 bits per heavy atom. The van der Waals surface area contributed by atoms with Crippen molar-refractivity contribution in [2.75, 3.05) is 38.8 Å². The highest BCUT2D eigenvalue weighted by molar-refractivity contribution is 9.09. The topological polar surface area (TPSA) is 30.5 Å². The number of methoxy groups -OCH3 is 1. The van der Waals surface area contributed by atoms with Gasteiger partial charge >= 0.3 is 0 Å². The number of rotatable bonds is 10. The minimum absolute atomic E-state index is 0.534. The van der Waals surface area contributed by atoms with Gasteiger partial charge in [0.25, 0.3) is 0 Å². The van der Waals surface area contributed by atoms with E-state index in [0.29, 0.717) is 12.0 Å². The fourth-order valence-electron chi connectivity index (χ4n) is 1.10. The third kappa shape index (κ3) is 9.30. The number of nitrogens with one attached hydrogen (secondary N) is 1. The van der Waals surface area contributed by atoms with Gasteiger partial charge in [0.05, 0.1) is 6.61 Å². The van der Waals surface area contributed by atoms with E-state index in [0.717, 1.165) is 38.1 Å². The predicted molar refractivity (Wildman–Crippen MR) is 67.7 cm³/mol. The van der Waals surface area contributed by atoms with Gasteiger partial charge in [0.1, 0.15) is 0 Å². The van der Waals surface area contributed by atoms with Crippen LogP contribution < -0.4 is 5.32 Å². The van der Waals surface area contributed by atoms with Gasteiger partial charge in [0.2, 0.25) is 0 Å². The number of alkyl halides is 1. The minimum Gasteiger partial charge on any atom is -0.385 e. The molecule has 0 aliphatic rings. The van der Waals surface area contributed by atoms with Crippen LogP contribution in [0.4, 0.5) is 0 Å². The Bertz CT molecular complexity index is 136. The zero-order valence-corrected chi connectivity index (χ0v) is 11.7. The van der Waals surface area contributed by atoms with E-state index in [2.05, 4.69) is 35.1 Å². The fraction of sp³-hybridized carbons (Fsp3) is 1.00. The zero-order chi connectivity index (χ0) is 11.5. The second-order valence-corrected chi connectivity index (χ2v) is 4.48. The first-order valence-corrected chi connectivity index (χ1v) is 6.70. The van der Waals surface area contributed by atoms with Crippen LogP contribution in [0.5, 0.6) is 0 Å². The van der Waals surface area contributed by atoms with Gasteiger partial charge in [-0.25, -0.2) is 0 Å². The average molecular weight is 282 g/mol. The molecular formula is C11H24BrNO2. The molecule has 0 aromatic rings. The Morgan fingerprint density at radius 3 is 2.53 bits per heavy atom. The molecule has 0 aromatic carbocycles. The molecule has 0 aromatic heterocycles. The predicted octanol–water partition coefficient (Wildman–Crippen LogP) is 2.05. The van der Waals surface area contributed by atoms with Crippen LogP contribution in [0.15, 0.2) is 0 Å². The fourth-order valence-corrected chi connectivity index (χ4v) is 1.66. The zero-order valence-electron chi connectivity index (χ0n) is 10.1. The van der Waals surface area contributed by atoms with E-state index >= 15 is 0 Å². The summed E-state index contributed by atoms with van der Waals surface area (Å²) in [5.41, 5.74) is 0. The maximum Gasteiger partial charge on any atom is 0.0591 e. The van der Waals surface area contributed by atoms with E-state index in [1.54, 1.807) is 7.11 Å². The summed E-state index contributed by atoms with van der Waals surface area (Å²) in [7, 11) is 1.71. The second kappa shape index (κ2) is 10.9. The third-order valence-electron chi connectivity index (χ3n) is 2.45. The van der Waals surface area contributed by atoms with Crippen molar-refractivity contribution in [2.45, 2.75) is 26.3 Å². The smallest absolute Gasteiger partial charge is 0.0591 e. The molecule has 0 fully saturated rings. The first-order chi connectivity index (χ1) is 7.22. The lowest BCUT2D eigenvalue weighted by atomic mass is 10.1. The molecule has 0 heterocycles. The summed E-state index contributed by atoms with van der Waals surface area (Å²) in [5.74, 6) is 0.651. The lowest BCUT2D eigenvalue weighted by Gasteiger charge is -2.19. The molecule has 3 nitrogen and oxygen atoms in total. The number of ether oxygens (including phenoxy) is 2. The maximum absolute atomic E-state index is 5.45. The molecule has 92 valence electrons. The van der Waals surface area contributed by atoms with Crippen LogP contribution in [0.3, 0.4) is 0 Å². The van der Waals surface area contributed by atoms with Crippen molar-refractivity contribution in [1.82, 2.24) is 5.32 Å². The van der Waals surface area contributed by atoms with Gasteiger partial charge in [-0.2, -0.15) is 0 Å². The summed E-state index contributed by atoms with van der Waals surface area (Å²) in [6, 6.07) is 0.534. The standard InChI is InChI=1S/C11H24BrNO2/c1-10(9-12)11(2)13-5-8-15-7-4-6-14-3/h10-11,13H,4-9H2,1-3H3. The molecule has 1 N–H and O–H groups in total. The number of hydrogen-bond acceptors (Lipinski definition) is 3. The largest absolute Gasteiger partial charge is 0.385 e. The summed E-state index contributed by atoms with van der Waals surface area (Å²) in [6.07, 6.45) is 0.976. The molecule has 0 rings (SSSR count). The molecular weight excluding hydrogens is 258 g/mol. The van der Waals surface area contributed by atoms with E-state index in [-0.39, 0.29) is 0 Å². The third-order valence-corrected chi connectivity index (χ3v) is 3.47. The maximum atomic E-state index is 5.45. The van der Waals surface area contributed by atoms with Gasteiger partial charge in [-0.1, -0.05) is 22.9 Å². The summed E-state index contributed by atoms with van der Waals surface area (Å²) in [6.45, 7) is 7.71. The van der Waals surface area contributed by atoms with Crippen LogP contribution in [-0.2, 0) is 9.47 Å². The van der Waals surface area contributed by atoms with E-state index in [1.807, 2.05) is 0 Å². The van der Waals surface area contributed by atoms with Crippen LogP contribution in [0, 0.1) is 5.92 Å². The molecule has 0 amide bonds. The molecule has 0 aliphatic carbocycles. The van der Waals surface area contributed by atoms with E-state index in [1.165, 1.54) is 0 Å². The molecule has 0 spiro atoms. The summed E-state index contributed by atoms with van der Waals surface area (Å²) >= 11 is 3.48. The minimum atomic E-state index is 0.534. The van der Waals surface area contributed by atoms with Gasteiger partial charge in [0, 0.05) is 38.2 Å². The van der Waals surface area contributed by atoms with Crippen LogP contribution in [0.1, 0.15) is 20.3 Å². The van der Waals surface area contributed by atoms with Crippen molar-refractivity contribution in [3.63, 3.8) is 0 Å². The Labute approximate surface area is 102 Å². The van der Waals surface area contributed by atoms with Crippen LogP contribution in [0.2, 0.25) is 0 Å². The highest BCUT2D eigenvalue weighted by Gasteiger charge is 2.08. The monoisotopic (exact) mass is 281 g/mol. The van der Waals surface area contributed by atoms with Crippen molar-refractivity contribution < 1.29 is 9.47 Å². The van der Waals surface area contributed by atoms with E-state index in [9.17, 15) is 0 Å². The quantitative estimate of drug-likeness (QED) is 0.491. The van der Waals surface area contributed by atoms with Crippen molar-refractivity contribution in [2.24, 2.45) is 5.92 Å². The van der Waals surface area contributed by atoms with E-state index in [4.69, 9.17) is 9.47 Å². The highest BCUT2D eigenvalue weighted by Crippen LogP contribution is 2.05. The van der Waals surface area contributed by atoms with Crippen molar-refractivity contribution >= 4 is 15.9 Å². The molecule has 0 bridgehead atoms. The van der Waals surface area contributed by atoms with Crippen molar-refractivity contribution in [1.29, 1.82) is 0 Å². The van der Waals surface area contributed by atoms with Gasteiger partial charge in [-0.05, 0) is 19.3 Å². The Morgan fingerprint density at radius 2 is 1.93 bits per heavy atom. The molecule has 15 heavy (non-hydrogen) atoms.